The molecule has 0 unspecified atom stereocenters. The highest BCUT2D eigenvalue weighted by Crippen LogP contribution is 2.45. The van der Waals surface area contributed by atoms with E-state index in [0.29, 0.717) is 23.0 Å². The minimum Gasteiger partial charge on any atom is -0.505 e. The highest BCUT2D eigenvalue weighted by atomic mass is 32.2. The molecule has 8 aromatic rings. The minimum atomic E-state index is -0.123. The molecule has 0 aliphatic heterocycles. The Morgan fingerprint density at radius 2 is 0.571 bits per heavy atom. The molecule has 0 saturated carbocycles. The standard InChI is InChI=1S/C64H80N2O2S2/c1-59(2,3)41-19-23-51-47(31-41)48-32-42(60(4,5)6)20-24-52(48)65(51)55-35-45(63(13,14)15)29-39(57(55)67)37-69-27-28-70-38-40-30-46(64(16,17)18)36-56(58(40)68)66-53-25-21-43(61(7,8)9)33-49(53)50-34-44(62(10,11)12)22-26-54(50)66/h19-26,29-36,67-68H,27-28,37-38H2,1-18H3. The van der Waals surface area contributed by atoms with E-state index < -0.39 is 0 Å². The fourth-order valence-corrected chi connectivity index (χ4v) is 11.8. The summed E-state index contributed by atoms with van der Waals surface area (Å²) in [5.41, 5.74) is 15.4. The van der Waals surface area contributed by atoms with Gasteiger partial charge in [0, 0.05) is 55.7 Å². The van der Waals surface area contributed by atoms with E-state index in [9.17, 15) is 10.2 Å². The van der Waals surface area contributed by atoms with Gasteiger partial charge in [-0.15, -0.1) is 0 Å². The molecule has 0 aliphatic carbocycles. The molecule has 8 rings (SSSR count). The second-order valence-corrected chi connectivity index (χ2v) is 28.4. The summed E-state index contributed by atoms with van der Waals surface area (Å²) in [6.45, 7) is 40.9. The van der Waals surface area contributed by atoms with E-state index >= 15 is 0 Å². The van der Waals surface area contributed by atoms with Crippen LogP contribution in [0.3, 0.4) is 0 Å². The quantitative estimate of drug-likeness (QED) is 0.142. The van der Waals surface area contributed by atoms with Gasteiger partial charge < -0.3 is 19.3 Å². The summed E-state index contributed by atoms with van der Waals surface area (Å²) in [6.07, 6.45) is 0. The molecule has 0 spiro atoms. The highest BCUT2D eigenvalue weighted by molar-refractivity contribution is 8.02. The van der Waals surface area contributed by atoms with Gasteiger partial charge in [0.05, 0.1) is 33.4 Å². The maximum Gasteiger partial charge on any atom is 0.143 e. The van der Waals surface area contributed by atoms with Crippen molar-refractivity contribution >= 4 is 67.1 Å². The van der Waals surface area contributed by atoms with Gasteiger partial charge in [0.2, 0.25) is 0 Å². The van der Waals surface area contributed by atoms with Crippen LogP contribution >= 0.6 is 23.5 Å². The van der Waals surface area contributed by atoms with Gasteiger partial charge in [-0.3, -0.25) is 0 Å². The Hall–Kier alpha value is -4.78. The van der Waals surface area contributed by atoms with Crippen LogP contribution in [-0.4, -0.2) is 30.9 Å². The topological polar surface area (TPSA) is 50.3 Å². The third-order valence-electron chi connectivity index (χ3n) is 14.4. The first-order valence-electron chi connectivity index (χ1n) is 25.4. The molecule has 4 nitrogen and oxygen atoms in total. The normalized spacial score (nSPS) is 13.5. The first-order chi connectivity index (χ1) is 32.3. The number of phenolic OH excluding ortho intramolecular Hbond substituents is 2. The van der Waals surface area contributed by atoms with Crippen LogP contribution in [0.15, 0.2) is 97.1 Å². The number of fused-ring (bicyclic) bond motifs is 6. The zero-order valence-corrected chi connectivity index (χ0v) is 47.3. The first kappa shape index (κ1) is 51.6. The summed E-state index contributed by atoms with van der Waals surface area (Å²) in [5, 5.41) is 29.6. The maximum absolute atomic E-state index is 12.4. The number of aromatic nitrogens is 2. The first-order valence-corrected chi connectivity index (χ1v) is 27.7. The third-order valence-corrected chi connectivity index (χ3v) is 16.7. The summed E-state index contributed by atoms with van der Waals surface area (Å²) >= 11 is 3.72. The van der Waals surface area contributed by atoms with E-state index in [2.05, 4.69) is 231 Å². The van der Waals surface area contributed by atoms with E-state index in [1.54, 1.807) is 0 Å². The smallest absolute Gasteiger partial charge is 0.143 e. The third kappa shape index (κ3) is 10.0. The van der Waals surface area contributed by atoms with Crippen LogP contribution in [-0.2, 0) is 44.0 Å². The number of thioether (sulfide) groups is 2. The van der Waals surface area contributed by atoms with Crippen molar-refractivity contribution in [1.82, 2.24) is 9.13 Å². The van der Waals surface area contributed by atoms with Crippen molar-refractivity contribution in [2.75, 3.05) is 11.5 Å². The van der Waals surface area contributed by atoms with Crippen LogP contribution in [0, 0.1) is 0 Å². The molecule has 0 aliphatic rings. The Morgan fingerprint density at radius 1 is 0.329 bits per heavy atom. The lowest BCUT2D eigenvalue weighted by Gasteiger charge is -2.24. The summed E-state index contributed by atoms with van der Waals surface area (Å²) in [6, 6.07) is 36.4. The van der Waals surface area contributed by atoms with Gasteiger partial charge in [0.15, 0.2) is 0 Å². The van der Waals surface area contributed by atoms with Gasteiger partial charge in [-0.05, 0) is 127 Å². The van der Waals surface area contributed by atoms with Gasteiger partial charge in [-0.2, -0.15) is 23.5 Å². The van der Waals surface area contributed by atoms with Gasteiger partial charge in [-0.25, -0.2) is 0 Å². The molecular formula is C64H80N2O2S2. The second kappa shape index (κ2) is 18.1. The fourth-order valence-electron chi connectivity index (χ4n) is 9.70. The van der Waals surface area contributed by atoms with E-state index in [0.717, 1.165) is 56.1 Å². The molecule has 370 valence electrons. The second-order valence-electron chi connectivity index (χ2n) is 26.2. The molecule has 0 saturated heterocycles. The van der Waals surface area contributed by atoms with Gasteiger partial charge in [0.25, 0.3) is 0 Å². The summed E-state index contributed by atoms with van der Waals surface area (Å²) in [7, 11) is 0. The molecule has 2 N–H and O–H groups in total. The van der Waals surface area contributed by atoms with E-state index in [1.807, 2.05) is 23.5 Å². The summed E-state index contributed by atoms with van der Waals surface area (Å²) in [5.74, 6) is 3.89. The highest BCUT2D eigenvalue weighted by Gasteiger charge is 2.27. The average Bonchev–Trinajstić information content (AvgIpc) is 3.75. The van der Waals surface area contributed by atoms with E-state index in [4.69, 9.17) is 0 Å². The number of aromatic hydroxyl groups is 2. The predicted molar refractivity (Wildman–Crippen MR) is 309 cm³/mol. The number of nitrogens with zero attached hydrogens (tertiary/aromatic N) is 2. The van der Waals surface area contributed by atoms with Crippen molar-refractivity contribution in [3.05, 3.63) is 142 Å². The van der Waals surface area contributed by atoms with Crippen molar-refractivity contribution in [2.45, 2.75) is 169 Å². The molecule has 0 fully saturated rings. The average molecular weight is 973 g/mol. The number of rotatable bonds is 9. The fraction of sp³-hybridized carbons (Fsp3) is 0.438. The lowest BCUT2D eigenvalue weighted by molar-refractivity contribution is 0.466. The molecule has 2 heterocycles. The summed E-state index contributed by atoms with van der Waals surface area (Å²) < 4.78 is 4.60. The van der Waals surface area contributed by atoms with E-state index in [1.165, 1.54) is 54.9 Å². The lowest BCUT2D eigenvalue weighted by Crippen LogP contribution is -2.13. The van der Waals surface area contributed by atoms with Crippen LogP contribution in [0.4, 0.5) is 0 Å². The maximum atomic E-state index is 12.4. The molecular weight excluding hydrogens is 893 g/mol. The minimum absolute atomic E-state index is 0.00246. The van der Waals surface area contributed by atoms with E-state index in [-0.39, 0.29) is 32.5 Å². The van der Waals surface area contributed by atoms with Crippen molar-refractivity contribution in [3.8, 4) is 22.9 Å². The van der Waals surface area contributed by atoms with Crippen molar-refractivity contribution in [2.24, 2.45) is 0 Å². The molecule has 0 bridgehead atoms. The predicted octanol–water partition coefficient (Wildman–Crippen LogP) is 18.2. The molecule has 0 radical (unpaired) electrons. The Balaban J connectivity index is 1.10. The molecule has 0 atom stereocenters. The Bertz CT molecular complexity index is 2920. The molecule has 70 heavy (non-hydrogen) atoms. The monoisotopic (exact) mass is 973 g/mol. The molecule has 6 heteroatoms. The number of benzene rings is 6. The van der Waals surface area contributed by atoms with Crippen molar-refractivity contribution in [3.63, 3.8) is 0 Å². The number of hydrogen-bond acceptors (Lipinski definition) is 4. The molecule has 2 aromatic heterocycles. The van der Waals surface area contributed by atoms with Gasteiger partial charge in [0.1, 0.15) is 11.5 Å². The molecule has 0 amide bonds. The largest absolute Gasteiger partial charge is 0.505 e. The zero-order valence-electron chi connectivity index (χ0n) is 45.7. The molecule has 6 aromatic carbocycles. The Labute approximate surface area is 428 Å². The summed E-state index contributed by atoms with van der Waals surface area (Å²) in [4.78, 5) is 0. The van der Waals surface area contributed by atoms with Crippen LogP contribution in [0.1, 0.15) is 169 Å². The number of hydrogen-bond donors (Lipinski definition) is 2. The van der Waals surface area contributed by atoms with Crippen LogP contribution in [0.25, 0.3) is 55.0 Å². The van der Waals surface area contributed by atoms with Gasteiger partial charge >= 0.3 is 0 Å². The van der Waals surface area contributed by atoms with Crippen molar-refractivity contribution < 1.29 is 10.2 Å². The number of phenols is 2. The lowest BCUT2D eigenvalue weighted by atomic mass is 9.85. The van der Waals surface area contributed by atoms with Crippen LogP contribution in [0.5, 0.6) is 11.5 Å². The Morgan fingerprint density at radius 3 is 0.800 bits per heavy atom. The SMILES string of the molecule is CC(C)(C)c1cc(CSCCSCc2cc(C(C)(C)C)cc(-n3c4ccc(C(C)(C)C)cc4c4cc(C(C)(C)C)ccc43)c2O)c(O)c(-n2c3ccc(C(C)(C)C)cc3c3cc(C(C)(C)C)ccc32)c1. The van der Waals surface area contributed by atoms with Crippen molar-refractivity contribution in [1.29, 1.82) is 0 Å². The Kier molecular flexibility index (Phi) is 13.3. The van der Waals surface area contributed by atoms with Crippen LogP contribution in [0.2, 0.25) is 0 Å². The van der Waals surface area contributed by atoms with Gasteiger partial charge in [-0.1, -0.05) is 161 Å². The van der Waals surface area contributed by atoms with Crippen LogP contribution < -0.4 is 0 Å². The zero-order chi connectivity index (χ0) is 51.3.